The first-order chi connectivity index (χ1) is 4.68. The van der Waals surface area contributed by atoms with Crippen molar-refractivity contribution >= 4 is 11.6 Å². The zero-order valence-electron chi connectivity index (χ0n) is 5.89. The van der Waals surface area contributed by atoms with Crippen molar-refractivity contribution in [3.05, 3.63) is 41.3 Å². The second-order valence-electron chi connectivity index (χ2n) is 1.70. The molecule has 0 aliphatic carbocycles. The Hall–Kier alpha value is -0.910. The highest BCUT2D eigenvalue weighted by molar-refractivity contribution is 6.29. The topological polar surface area (TPSA) is 26.0 Å². The van der Waals surface area contributed by atoms with Gasteiger partial charge in [0.25, 0.3) is 0 Å². The average Bonchev–Trinajstić information content (AvgIpc) is 1.88. The Bertz CT molecular complexity index is 203. The Labute approximate surface area is 66.2 Å². The quantitative estimate of drug-likeness (QED) is 0.481. The summed E-state index contributed by atoms with van der Waals surface area (Å²) in [7, 11) is 0. The summed E-state index contributed by atoms with van der Waals surface area (Å²) in [6.45, 7) is 5.20. The van der Waals surface area contributed by atoms with Crippen LogP contribution in [-0.2, 0) is 0 Å². The van der Waals surface area contributed by atoms with Gasteiger partial charge in [0.05, 0.1) is 5.70 Å². The third kappa shape index (κ3) is 4.02. The van der Waals surface area contributed by atoms with Gasteiger partial charge < -0.3 is 5.73 Å². The Kier molecular flexibility index (Phi) is 4.47. The Balaban J connectivity index is 4.29. The van der Waals surface area contributed by atoms with Crippen molar-refractivity contribution in [2.24, 2.45) is 5.73 Å². The lowest BCUT2D eigenvalue weighted by molar-refractivity contribution is 1.37. The second kappa shape index (κ2) is 4.92. The lowest BCUT2D eigenvalue weighted by Crippen LogP contribution is -1.92. The van der Waals surface area contributed by atoms with Crippen molar-refractivity contribution in [2.45, 2.75) is 6.92 Å². The summed E-state index contributed by atoms with van der Waals surface area (Å²) in [6.07, 6.45) is 4.88. The number of halogens is 1. The van der Waals surface area contributed by atoms with Crippen LogP contribution >= 0.6 is 11.6 Å². The molecule has 0 aliphatic heterocycles. The highest BCUT2D eigenvalue weighted by atomic mass is 35.5. The van der Waals surface area contributed by atoms with Crippen LogP contribution in [0.25, 0.3) is 0 Å². The van der Waals surface area contributed by atoms with Gasteiger partial charge in [0, 0.05) is 11.1 Å². The van der Waals surface area contributed by atoms with Crippen LogP contribution in [0.5, 0.6) is 0 Å². The van der Waals surface area contributed by atoms with Crippen LogP contribution in [0, 0.1) is 0 Å². The minimum Gasteiger partial charge on any atom is -0.397 e. The highest BCUT2D eigenvalue weighted by Crippen LogP contribution is 2.02. The van der Waals surface area contributed by atoms with E-state index in [0.717, 1.165) is 0 Å². The molecule has 0 amide bonds. The molecule has 0 atom stereocenters. The van der Waals surface area contributed by atoms with Gasteiger partial charge in [-0.1, -0.05) is 24.3 Å². The first kappa shape index (κ1) is 9.09. The molecule has 0 spiro atoms. The van der Waals surface area contributed by atoms with Gasteiger partial charge in [0.1, 0.15) is 0 Å². The maximum Gasteiger partial charge on any atom is 0.0536 e. The van der Waals surface area contributed by atoms with E-state index < -0.39 is 0 Å². The molecule has 0 aromatic carbocycles. The van der Waals surface area contributed by atoms with Crippen LogP contribution in [0.3, 0.4) is 0 Å². The number of rotatable bonds is 2. The number of allylic oxidation sites excluding steroid dienone is 3. The minimum atomic E-state index is 0.528. The predicted octanol–water partition coefficient (Wildman–Crippen LogP) is 2.31. The molecule has 1 nitrogen and oxygen atoms in total. The SMILES string of the molecule is C=CC=C=C/C(N)=C(\C)Cl. The lowest BCUT2D eigenvalue weighted by atomic mass is 10.4. The number of nitrogens with two attached hydrogens (primary N) is 1. The highest BCUT2D eigenvalue weighted by Gasteiger charge is 1.84. The fraction of sp³-hybridized carbons (Fsp3) is 0.125. The van der Waals surface area contributed by atoms with E-state index in [9.17, 15) is 0 Å². The third-order valence-electron chi connectivity index (χ3n) is 0.851. The zero-order chi connectivity index (χ0) is 7.98. The smallest absolute Gasteiger partial charge is 0.0536 e. The molecule has 2 N–H and O–H groups in total. The molecule has 0 aliphatic rings. The monoisotopic (exact) mass is 155 g/mol. The maximum absolute atomic E-state index is 5.55. The van der Waals surface area contributed by atoms with E-state index in [-0.39, 0.29) is 0 Å². The maximum atomic E-state index is 5.55. The van der Waals surface area contributed by atoms with Gasteiger partial charge in [-0.2, -0.15) is 0 Å². The summed E-state index contributed by atoms with van der Waals surface area (Å²) < 4.78 is 0. The van der Waals surface area contributed by atoms with Crippen molar-refractivity contribution in [1.29, 1.82) is 0 Å². The second-order valence-corrected chi connectivity index (χ2v) is 2.27. The normalized spacial score (nSPS) is 11.0. The Morgan fingerprint density at radius 2 is 2.30 bits per heavy atom. The Morgan fingerprint density at radius 3 is 2.70 bits per heavy atom. The molecule has 10 heavy (non-hydrogen) atoms. The fourth-order valence-corrected chi connectivity index (χ4v) is 0.360. The summed E-state index contributed by atoms with van der Waals surface area (Å²) in [5.41, 5.74) is 8.74. The van der Waals surface area contributed by atoms with Gasteiger partial charge in [-0.15, -0.1) is 5.73 Å². The summed E-state index contributed by atoms with van der Waals surface area (Å²) in [6, 6.07) is 0. The van der Waals surface area contributed by atoms with Crippen molar-refractivity contribution in [3.63, 3.8) is 0 Å². The molecular weight excluding hydrogens is 146 g/mol. The van der Waals surface area contributed by atoms with Crippen molar-refractivity contribution < 1.29 is 0 Å². The van der Waals surface area contributed by atoms with E-state index in [4.69, 9.17) is 17.3 Å². The molecule has 0 unspecified atom stereocenters. The lowest BCUT2D eigenvalue weighted by Gasteiger charge is -1.88. The molecule has 0 saturated carbocycles. The molecule has 54 valence electrons. The predicted molar refractivity (Wildman–Crippen MR) is 45.6 cm³/mol. The molecule has 0 rings (SSSR count). The van der Waals surface area contributed by atoms with Gasteiger partial charge in [-0.3, -0.25) is 0 Å². The molecule has 0 saturated heterocycles. The van der Waals surface area contributed by atoms with Crippen LogP contribution < -0.4 is 5.73 Å². The van der Waals surface area contributed by atoms with E-state index in [1.54, 1.807) is 25.2 Å². The first-order valence-corrected chi connectivity index (χ1v) is 3.21. The largest absolute Gasteiger partial charge is 0.397 e. The Morgan fingerprint density at radius 1 is 1.70 bits per heavy atom. The first-order valence-electron chi connectivity index (χ1n) is 2.84. The zero-order valence-corrected chi connectivity index (χ0v) is 6.65. The summed E-state index contributed by atoms with van der Waals surface area (Å²) in [4.78, 5) is 0. The average molecular weight is 156 g/mol. The minimum absolute atomic E-state index is 0.528. The van der Waals surface area contributed by atoms with Crippen LogP contribution in [0.15, 0.2) is 41.3 Å². The van der Waals surface area contributed by atoms with Crippen LogP contribution in [0.4, 0.5) is 0 Å². The summed E-state index contributed by atoms with van der Waals surface area (Å²) >= 11 is 5.55. The third-order valence-corrected chi connectivity index (χ3v) is 1.07. The summed E-state index contributed by atoms with van der Waals surface area (Å²) in [5, 5.41) is 0.574. The molecule has 0 aromatic heterocycles. The standard InChI is InChI=1S/C8H10ClN/c1-3-4-5-6-8(10)7(2)9/h3-4,6H,1,10H2,2H3/b8-7-. The van der Waals surface area contributed by atoms with Crippen molar-refractivity contribution in [3.8, 4) is 0 Å². The van der Waals surface area contributed by atoms with Crippen LogP contribution in [0.2, 0.25) is 0 Å². The van der Waals surface area contributed by atoms with Gasteiger partial charge >= 0.3 is 0 Å². The van der Waals surface area contributed by atoms with E-state index in [0.29, 0.717) is 10.7 Å². The fourth-order valence-electron chi connectivity index (χ4n) is 0.305. The van der Waals surface area contributed by atoms with Gasteiger partial charge in [0.2, 0.25) is 0 Å². The van der Waals surface area contributed by atoms with E-state index in [2.05, 4.69) is 12.3 Å². The van der Waals surface area contributed by atoms with Crippen molar-refractivity contribution in [1.82, 2.24) is 0 Å². The van der Waals surface area contributed by atoms with E-state index in [1.807, 2.05) is 0 Å². The number of hydrogen-bond acceptors (Lipinski definition) is 1. The number of hydrogen-bond donors (Lipinski definition) is 1. The summed E-state index contributed by atoms with van der Waals surface area (Å²) in [5.74, 6) is 0. The van der Waals surface area contributed by atoms with E-state index >= 15 is 0 Å². The molecule has 0 bridgehead atoms. The molecular formula is C8H10ClN. The molecule has 0 fully saturated rings. The molecule has 0 radical (unpaired) electrons. The van der Waals surface area contributed by atoms with Gasteiger partial charge in [-0.05, 0) is 13.0 Å². The van der Waals surface area contributed by atoms with Gasteiger partial charge in [0.15, 0.2) is 0 Å². The van der Waals surface area contributed by atoms with Crippen LogP contribution in [0.1, 0.15) is 6.92 Å². The van der Waals surface area contributed by atoms with Crippen LogP contribution in [-0.4, -0.2) is 0 Å². The van der Waals surface area contributed by atoms with Gasteiger partial charge in [-0.25, -0.2) is 0 Å². The van der Waals surface area contributed by atoms with Crippen molar-refractivity contribution in [2.75, 3.05) is 0 Å². The molecule has 0 heterocycles. The molecule has 0 aromatic rings. The molecule has 2 heteroatoms. The van der Waals surface area contributed by atoms with E-state index in [1.165, 1.54) is 0 Å².